The zero-order chi connectivity index (χ0) is 21.4. The second kappa shape index (κ2) is 7.79. The maximum absolute atomic E-state index is 14.0. The summed E-state index contributed by atoms with van der Waals surface area (Å²) in [6.45, 7) is 0. The van der Waals surface area contributed by atoms with Crippen molar-refractivity contribution in [3.63, 3.8) is 0 Å². The lowest BCUT2D eigenvalue weighted by Crippen LogP contribution is -2.42. The van der Waals surface area contributed by atoms with Crippen LogP contribution in [-0.2, 0) is 27.0 Å². The Kier molecular flexibility index (Phi) is 5.88. The molecule has 0 amide bonds. The average molecular weight is 468 g/mol. The fourth-order valence-electron chi connectivity index (χ4n) is 2.96. The number of alkyl halides is 3. The molecule has 11 heteroatoms. The zero-order valence-electron chi connectivity index (χ0n) is 14.6. The van der Waals surface area contributed by atoms with E-state index in [0.29, 0.717) is 11.1 Å². The largest absolute Gasteiger partial charge is 0.435 e. The third kappa shape index (κ3) is 4.85. The fraction of sp³-hybridized carbons (Fsp3) is 0.278. The van der Waals surface area contributed by atoms with Gasteiger partial charge in [-0.05, 0) is 35.7 Å². The Morgan fingerprint density at radius 3 is 2.21 bits per heavy atom. The van der Waals surface area contributed by atoms with Crippen molar-refractivity contribution >= 4 is 39.0 Å². The first kappa shape index (κ1) is 21.9. The van der Waals surface area contributed by atoms with Gasteiger partial charge in [-0.2, -0.15) is 21.6 Å². The number of nitrogens with zero attached hydrogens (tertiary/aromatic N) is 1. The molecule has 1 N–H and O–H groups in total. The Labute approximate surface area is 174 Å². The molecule has 0 fully saturated rings. The molecule has 0 bridgehead atoms. The van der Waals surface area contributed by atoms with E-state index in [9.17, 15) is 21.6 Å². The molecule has 3 rings (SSSR count). The minimum absolute atomic E-state index is 0.0383. The van der Waals surface area contributed by atoms with Gasteiger partial charge in [0.25, 0.3) is 15.7 Å². The molecule has 1 atom stereocenters. The quantitative estimate of drug-likeness (QED) is 0.627. The van der Waals surface area contributed by atoms with E-state index in [1.54, 1.807) is 12.1 Å². The summed E-state index contributed by atoms with van der Waals surface area (Å²) in [6.07, 6.45) is -5.31. The van der Waals surface area contributed by atoms with Gasteiger partial charge in [0.1, 0.15) is 0 Å². The van der Waals surface area contributed by atoms with Crippen LogP contribution >= 0.6 is 23.2 Å². The zero-order valence-corrected chi connectivity index (χ0v) is 16.9. The molecule has 2 aromatic rings. The third-order valence-corrected chi connectivity index (χ3v) is 5.61. The van der Waals surface area contributed by atoms with Crippen LogP contribution in [0.25, 0.3) is 0 Å². The lowest BCUT2D eigenvalue weighted by atomic mass is 9.86. The molecule has 0 aliphatic carbocycles. The van der Waals surface area contributed by atoms with Gasteiger partial charge in [-0.1, -0.05) is 52.6 Å². The Bertz CT molecular complexity index is 1040. The maximum Gasteiger partial charge on any atom is 0.435 e. The van der Waals surface area contributed by atoms with Crippen LogP contribution < -0.4 is 0 Å². The van der Waals surface area contributed by atoms with E-state index < -0.39 is 34.1 Å². The molecular weight excluding hydrogens is 454 g/mol. The number of oxime groups is 1. The number of aryl methyl sites for hydroxylation is 1. The van der Waals surface area contributed by atoms with Crippen molar-refractivity contribution in [2.75, 3.05) is 5.75 Å². The van der Waals surface area contributed by atoms with Gasteiger partial charge in [-0.25, -0.2) is 0 Å². The van der Waals surface area contributed by atoms with E-state index in [1.165, 1.54) is 18.2 Å². The Morgan fingerprint density at radius 1 is 1.10 bits per heavy atom. The SMILES string of the molecule is O=S(=O)(O)CCc1ccc(C2=NOC(c3cc(Cl)cc(Cl)c3)(C(F)(F)F)C2)cc1. The molecule has 1 aliphatic heterocycles. The van der Waals surface area contributed by atoms with Crippen LogP contribution in [0.3, 0.4) is 0 Å². The molecule has 156 valence electrons. The highest BCUT2D eigenvalue weighted by Crippen LogP contribution is 2.49. The van der Waals surface area contributed by atoms with Crippen molar-refractivity contribution in [1.82, 2.24) is 0 Å². The second-order valence-electron chi connectivity index (χ2n) is 6.52. The predicted molar refractivity (Wildman–Crippen MR) is 103 cm³/mol. The molecule has 1 aliphatic rings. The minimum Gasteiger partial charge on any atom is -0.374 e. The fourth-order valence-corrected chi connectivity index (χ4v) is 3.98. The van der Waals surface area contributed by atoms with Gasteiger partial charge in [0, 0.05) is 22.0 Å². The molecular formula is C18H14Cl2F3NO4S. The van der Waals surface area contributed by atoms with Crippen molar-refractivity contribution < 1.29 is 31.0 Å². The summed E-state index contributed by atoms with van der Waals surface area (Å²) in [5.74, 6) is -0.455. The third-order valence-electron chi connectivity index (χ3n) is 4.45. The normalized spacial score (nSPS) is 19.7. The topological polar surface area (TPSA) is 76.0 Å². The van der Waals surface area contributed by atoms with Crippen molar-refractivity contribution in [1.29, 1.82) is 0 Å². The lowest BCUT2D eigenvalue weighted by Gasteiger charge is -2.29. The average Bonchev–Trinajstić information content (AvgIpc) is 3.06. The van der Waals surface area contributed by atoms with Gasteiger partial charge in [-0.15, -0.1) is 0 Å². The number of hydrogen-bond acceptors (Lipinski definition) is 4. The first-order valence-corrected chi connectivity index (χ1v) is 10.6. The van der Waals surface area contributed by atoms with Gasteiger partial charge >= 0.3 is 6.18 Å². The Morgan fingerprint density at radius 2 is 1.69 bits per heavy atom. The highest BCUT2D eigenvalue weighted by molar-refractivity contribution is 7.85. The monoisotopic (exact) mass is 467 g/mol. The minimum atomic E-state index is -4.79. The summed E-state index contributed by atoms with van der Waals surface area (Å²) in [6, 6.07) is 9.71. The molecule has 0 aromatic heterocycles. The van der Waals surface area contributed by atoms with Crippen molar-refractivity contribution in [3.05, 3.63) is 69.2 Å². The van der Waals surface area contributed by atoms with Crippen LogP contribution in [0.2, 0.25) is 10.0 Å². The van der Waals surface area contributed by atoms with Crippen LogP contribution in [0, 0.1) is 0 Å². The number of rotatable bonds is 5. The van der Waals surface area contributed by atoms with E-state index in [1.807, 2.05) is 0 Å². The highest BCUT2D eigenvalue weighted by atomic mass is 35.5. The summed E-state index contributed by atoms with van der Waals surface area (Å²) in [4.78, 5) is 4.92. The lowest BCUT2D eigenvalue weighted by molar-refractivity contribution is -0.275. The van der Waals surface area contributed by atoms with E-state index in [-0.39, 0.29) is 27.7 Å². The van der Waals surface area contributed by atoms with Gasteiger partial charge in [0.05, 0.1) is 11.5 Å². The first-order valence-electron chi connectivity index (χ1n) is 8.22. The summed E-state index contributed by atoms with van der Waals surface area (Å²) in [7, 11) is -4.11. The predicted octanol–water partition coefficient (Wildman–Crippen LogP) is 5.01. The van der Waals surface area contributed by atoms with Crippen LogP contribution in [0.4, 0.5) is 13.2 Å². The number of benzene rings is 2. The summed E-state index contributed by atoms with van der Waals surface area (Å²) >= 11 is 11.7. The smallest absolute Gasteiger partial charge is 0.374 e. The number of hydrogen-bond donors (Lipinski definition) is 1. The Hall–Kier alpha value is -1.81. The first-order chi connectivity index (χ1) is 13.4. The van der Waals surface area contributed by atoms with E-state index in [2.05, 4.69) is 5.16 Å². The molecule has 1 heterocycles. The molecule has 2 aromatic carbocycles. The van der Waals surface area contributed by atoms with Crippen LogP contribution in [-0.4, -0.2) is 30.6 Å². The van der Waals surface area contributed by atoms with Gasteiger partial charge in [0.15, 0.2) is 0 Å². The van der Waals surface area contributed by atoms with Gasteiger partial charge in [0.2, 0.25) is 0 Å². The van der Waals surface area contributed by atoms with E-state index >= 15 is 0 Å². The molecule has 29 heavy (non-hydrogen) atoms. The van der Waals surface area contributed by atoms with E-state index in [0.717, 1.165) is 12.1 Å². The van der Waals surface area contributed by atoms with Gasteiger partial charge in [-0.3, -0.25) is 4.55 Å². The number of halogens is 5. The standard InChI is InChI=1S/C18H14Cl2F3NO4S/c19-14-7-13(8-15(20)9-14)17(18(21,22)23)10-16(24-28-17)12-3-1-11(2-4-12)5-6-29(25,26)27/h1-4,7-9H,5-6,10H2,(H,25,26,27). The highest BCUT2D eigenvalue weighted by Gasteiger charge is 2.62. The summed E-state index contributed by atoms with van der Waals surface area (Å²) < 4.78 is 72.3. The summed E-state index contributed by atoms with van der Waals surface area (Å²) in [5.41, 5.74) is -1.93. The molecule has 0 saturated carbocycles. The maximum atomic E-state index is 14.0. The van der Waals surface area contributed by atoms with Crippen molar-refractivity contribution in [2.45, 2.75) is 24.6 Å². The van der Waals surface area contributed by atoms with Crippen LogP contribution in [0.5, 0.6) is 0 Å². The van der Waals surface area contributed by atoms with Crippen molar-refractivity contribution in [2.24, 2.45) is 5.16 Å². The second-order valence-corrected chi connectivity index (χ2v) is 8.97. The van der Waals surface area contributed by atoms with Crippen LogP contribution in [0.1, 0.15) is 23.1 Å². The molecule has 0 saturated heterocycles. The van der Waals surface area contributed by atoms with Crippen LogP contribution in [0.15, 0.2) is 47.6 Å². The molecule has 0 radical (unpaired) electrons. The summed E-state index contributed by atoms with van der Waals surface area (Å²) in [5, 5.41) is 3.73. The van der Waals surface area contributed by atoms with Gasteiger partial charge < -0.3 is 4.84 Å². The molecule has 1 unspecified atom stereocenters. The Balaban J connectivity index is 1.87. The van der Waals surface area contributed by atoms with E-state index in [4.69, 9.17) is 32.6 Å². The molecule has 5 nitrogen and oxygen atoms in total. The molecule has 0 spiro atoms. The van der Waals surface area contributed by atoms with Crippen molar-refractivity contribution in [3.8, 4) is 0 Å².